The first-order chi connectivity index (χ1) is 10.2. The van der Waals surface area contributed by atoms with Gasteiger partial charge in [0.05, 0.1) is 23.5 Å². The molecule has 0 spiro atoms. The van der Waals surface area contributed by atoms with E-state index in [1.54, 1.807) is 37.6 Å². The Morgan fingerprint density at radius 1 is 1.52 bits per heavy atom. The number of benzene rings is 1. The number of halogens is 1. The summed E-state index contributed by atoms with van der Waals surface area (Å²) in [7, 11) is 1.68. The number of ether oxygens (including phenoxy) is 1. The molecule has 0 atom stereocenters. The van der Waals surface area contributed by atoms with E-state index in [0.29, 0.717) is 34.5 Å². The van der Waals surface area contributed by atoms with Gasteiger partial charge >= 0.3 is 0 Å². The zero-order chi connectivity index (χ0) is 14.8. The first-order valence-corrected chi connectivity index (χ1v) is 7.22. The molecule has 6 heteroatoms. The minimum Gasteiger partial charge on any atom is -0.492 e. The Hall–Kier alpha value is -2.01. The van der Waals surface area contributed by atoms with Crippen LogP contribution in [0.1, 0.15) is 23.2 Å². The highest BCUT2D eigenvalue weighted by molar-refractivity contribution is 6.35. The summed E-state index contributed by atoms with van der Waals surface area (Å²) in [6.07, 6.45) is 5.62. The maximum absolute atomic E-state index is 12.7. The van der Waals surface area contributed by atoms with Crippen LogP contribution < -0.4 is 9.64 Å². The van der Waals surface area contributed by atoms with Gasteiger partial charge in [-0.05, 0) is 30.9 Å². The van der Waals surface area contributed by atoms with Crippen molar-refractivity contribution in [1.82, 2.24) is 10.2 Å². The van der Waals surface area contributed by atoms with Crippen LogP contribution in [0.15, 0.2) is 30.6 Å². The van der Waals surface area contributed by atoms with Gasteiger partial charge in [0, 0.05) is 13.2 Å². The van der Waals surface area contributed by atoms with Crippen LogP contribution in [0, 0.1) is 5.92 Å². The summed E-state index contributed by atoms with van der Waals surface area (Å²) in [5.41, 5.74) is 1.07. The van der Waals surface area contributed by atoms with Crippen molar-refractivity contribution in [1.29, 1.82) is 0 Å². The molecule has 1 fully saturated rings. The average Bonchev–Trinajstić information content (AvgIpc) is 3.15. The van der Waals surface area contributed by atoms with Gasteiger partial charge in [0.25, 0.3) is 5.91 Å². The lowest BCUT2D eigenvalue weighted by Crippen LogP contribution is -2.26. The van der Waals surface area contributed by atoms with Crippen LogP contribution in [0.25, 0.3) is 0 Å². The Labute approximate surface area is 127 Å². The molecule has 1 amide bonds. The number of hydrogen-bond acceptors (Lipinski definition) is 3. The zero-order valence-electron chi connectivity index (χ0n) is 11.7. The maximum atomic E-state index is 12.7. The first kappa shape index (κ1) is 13.9. The Morgan fingerprint density at radius 2 is 2.33 bits per heavy atom. The molecule has 3 rings (SSSR count). The Balaban J connectivity index is 1.86. The van der Waals surface area contributed by atoms with E-state index in [4.69, 9.17) is 16.3 Å². The molecule has 0 radical (unpaired) electrons. The van der Waals surface area contributed by atoms with E-state index in [-0.39, 0.29) is 5.91 Å². The molecule has 0 aliphatic heterocycles. The molecule has 0 unspecified atom stereocenters. The lowest BCUT2D eigenvalue weighted by molar-refractivity contribution is 0.0989. The van der Waals surface area contributed by atoms with Crippen LogP contribution >= 0.6 is 11.6 Å². The van der Waals surface area contributed by atoms with Crippen molar-refractivity contribution in [3.63, 3.8) is 0 Å². The van der Waals surface area contributed by atoms with E-state index in [9.17, 15) is 4.79 Å². The van der Waals surface area contributed by atoms with Gasteiger partial charge in [0.2, 0.25) is 0 Å². The van der Waals surface area contributed by atoms with Gasteiger partial charge in [0.1, 0.15) is 11.3 Å². The number of aromatic amines is 1. The quantitative estimate of drug-likeness (QED) is 0.923. The van der Waals surface area contributed by atoms with E-state index in [1.165, 1.54) is 17.7 Å². The average molecular weight is 306 g/mol. The molecule has 0 bridgehead atoms. The van der Waals surface area contributed by atoms with Crippen LogP contribution in [0.3, 0.4) is 0 Å². The molecule has 110 valence electrons. The fraction of sp³-hybridized carbons (Fsp3) is 0.333. The van der Waals surface area contributed by atoms with Crippen LogP contribution in [0.2, 0.25) is 5.02 Å². The molecule has 1 saturated carbocycles. The van der Waals surface area contributed by atoms with E-state index < -0.39 is 0 Å². The first-order valence-electron chi connectivity index (χ1n) is 6.85. The van der Waals surface area contributed by atoms with E-state index in [0.717, 1.165) is 0 Å². The van der Waals surface area contributed by atoms with Crippen LogP contribution in [-0.2, 0) is 0 Å². The van der Waals surface area contributed by atoms with Gasteiger partial charge in [-0.25, -0.2) is 0 Å². The highest BCUT2D eigenvalue weighted by Gasteiger charge is 2.25. The fourth-order valence-corrected chi connectivity index (χ4v) is 2.28. The molecule has 1 aliphatic carbocycles. The molecule has 1 aliphatic rings. The number of carbonyl (C=O) groups is 1. The topological polar surface area (TPSA) is 58.2 Å². The molecule has 0 saturated heterocycles. The minimum atomic E-state index is -0.215. The second kappa shape index (κ2) is 5.77. The number of nitrogens with zero attached hydrogens (tertiary/aromatic N) is 2. The standard InChI is InChI=1S/C15H16ClN3O2/c1-19(11-7-17-18-8-11)15(20)14-12(16)3-2-4-13(14)21-9-10-5-6-10/h2-4,7-8,10H,5-6,9H2,1H3,(H,17,18). The summed E-state index contributed by atoms with van der Waals surface area (Å²) in [5.74, 6) is 0.932. The number of nitrogens with one attached hydrogen (secondary N) is 1. The molecular formula is C15H16ClN3O2. The molecule has 1 N–H and O–H groups in total. The maximum Gasteiger partial charge on any atom is 0.263 e. The second-order valence-corrected chi connectivity index (χ2v) is 5.60. The Kier molecular flexibility index (Phi) is 3.84. The summed E-state index contributed by atoms with van der Waals surface area (Å²) >= 11 is 6.21. The van der Waals surface area contributed by atoms with Gasteiger partial charge in [-0.1, -0.05) is 17.7 Å². The van der Waals surface area contributed by atoms with Gasteiger partial charge < -0.3 is 9.64 Å². The lowest BCUT2D eigenvalue weighted by atomic mass is 10.1. The van der Waals surface area contributed by atoms with Crippen molar-refractivity contribution in [2.45, 2.75) is 12.8 Å². The van der Waals surface area contributed by atoms with Crippen molar-refractivity contribution in [2.75, 3.05) is 18.6 Å². The number of rotatable bonds is 5. The van der Waals surface area contributed by atoms with Gasteiger partial charge in [-0.2, -0.15) is 5.10 Å². The number of amides is 1. The van der Waals surface area contributed by atoms with Crippen LogP contribution in [-0.4, -0.2) is 29.8 Å². The van der Waals surface area contributed by atoms with Crippen LogP contribution in [0.5, 0.6) is 5.75 Å². The smallest absolute Gasteiger partial charge is 0.263 e. The third kappa shape index (κ3) is 3.03. The summed E-state index contributed by atoms with van der Waals surface area (Å²) in [4.78, 5) is 14.2. The van der Waals surface area contributed by atoms with Gasteiger partial charge in [-0.15, -0.1) is 0 Å². The lowest BCUT2D eigenvalue weighted by Gasteiger charge is -2.18. The van der Waals surface area contributed by atoms with Crippen LogP contribution in [0.4, 0.5) is 5.69 Å². The van der Waals surface area contributed by atoms with Crippen molar-refractivity contribution in [2.24, 2.45) is 5.92 Å². The van der Waals surface area contributed by atoms with E-state index in [1.807, 2.05) is 0 Å². The fourth-order valence-electron chi connectivity index (χ4n) is 2.04. The molecule has 1 heterocycles. The largest absolute Gasteiger partial charge is 0.492 e. The summed E-state index contributed by atoms with van der Waals surface area (Å²) in [5, 5.41) is 6.93. The molecule has 1 aromatic carbocycles. The monoisotopic (exact) mass is 305 g/mol. The number of anilines is 1. The predicted molar refractivity (Wildman–Crippen MR) is 81.0 cm³/mol. The molecule has 2 aromatic rings. The summed E-state index contributed by atoms with van der Waals surface area (Å²) in [6.45, 7) is 0.635. The number of carbonyl (C=O) groups excluding carboxylic acids is 1. The second-order valence-electron chi connectivity index (χ2n) is 5.19. The van der Waals surface area contributed by atoms with E-state index >= 15 is 0 Å². The van der Waals surface area contributed by atoms with Gasteiger partial charge in [0.15, 0.2) is 0 Å². The van der Waals surface area contributed by atoms with E-state index in [2.05, 4.69) is 10.2 Å². The zero-order valence-corrected chi connectivity index (χ0v) is 12.4. The van der Waals surface area contributed by atoms with Crippen molar-refractivity contribution >= 4 is 23.2 Å². The SMILES string of the molecule is CN(C(=O)c1c(Cl)cccc1OCC1CC1)c1cn[nH]c1. The van der Waals surface area contributed by atoms with Gasteiger partial charge in [-0.3, -0.25) is 9.89 Å². The Morgan fingerprint density at radius 3 is 3.00 bits per heavy atom. The Bertz CT molecular complexity index is 638. The minimum absolute atomic E-state index is 0.215. The number of H-pyrrole nitrogens is 1. The number of aromatic nitrogens is 2. The third-order valence-corrected chi connectivity index (χ3v) is 3.85. The molecular weight excluding hydrogens is 290 g/mol. The van der Waals surface area contributed by atoms with Crippen molar-refractivity contribution < 1.29 is 9.53 Å². The highest BCUT2D eigenvalue weighted by atomic mass is 35.5. The summed E-state index contributed by atoms with van der Waals surface area (Å²) in [6, 6.07) is 5.27. The van der Waals surface area contributed by atoms with Crippen molar-refractivity contribution in [3.8, 4) is 5.75 Å². The highest BCUT2D eigenvalue weighted by Crippen LogP contribution is 2.33. The summed E-state index contributed by atoms with van der Waals surface area (Å²) < 4.78 is 5.78. The predicted octanol–water partition coefficient (Wildman–Crippen LogP) is 3.13. The third-order valence-electron chi connectivity index (χ3n) is 3.54. The molecule has 5 nitrogen and oxygen atoms in total. The van der Waals surface area contributed by atoms with Crippen molar-refractivity contribution in [3.05, 3.63) is 41.2 Å². The normalized spacial score (nSPS) is 14.0. The molecule has 21 heavy (non-hydrogen) atoms. The number of hydrogen-bond donors (Lipinski definition) is 1. The molecule has 1 aromatic heterocycles.